The minimum absolute atomic E-state index is 0.0539. The number of amides is 3. The van der Waals surface area contributed by atoms with Gasteiger partial charge < -0.3 is 19.6 Å². The van der Waals surface area contributed by atoms with E-state index >= 15 is 0 Å². The van der Waals surface area contributed by atoms with Gasteiger partial charge in [0.25, 0.3) is 5.91 Å². The van der Waals surface area contributed by atoms with Gasteiger partial charge in [0.1, 0.15) is 0 Å². The normalized spacial score (nSPS) is 18.4. The minimum Gasteiger partial charge on any atom is -0.335 e. The van der Waals surface area contributed by atoms with Crippen molar-refractivity contribution in [3.8, 4) is 5.69 Å². The molecule has 3 amide bonds. The maximum absolute atomic E-state index is 12.8. The molecule has 2 aliphatic rings. The molecular weight excluding hydrogens is 358 g/mol. The predicted molar refractivity (Wildman–Crippen MR) is 103 cm³/mol. The molecule has 28 heavy (non-hydrogen) atoms. The molecule has 0 radical (unpaired) electrons. The molecule has 0 saturated carbocycles. The van der Waals surface area contributed by atoms with E-state index in [0.29, 0.717) is 31.7 Å². The second-order valence-corrected chi connectivity index (χ2v) is 7.24. The van der Waals surface area contributed by atoms with Crippen molar-refractivity contribution in [2.75, 3.05) is 59.4 Å². The number of carbonyl (C=O) groups is 2. The van der Waals surface area contributed by atoms with Crippen molar-refractivity contribution in [3.63, 3.8) is 0 Å². The zero-order valence-electron chi connectivity index (χ0n) is 16.1. The van der Waals surface area contributed by atoms with Crippen LogP contribution in [0.1, 0.15) is 10.4 Å². The first-order valence-corrected chi connectivity index (χ1v) is 9.58. The molecule has 4 rings (SSSR count). The molecule has 2 aliphatic heterocycles. The Morgan fingerprint density at radius 3 is 2.18 bits per heavy atom. The van der Waals surface area contributed by atoms with Crippen LogP contribution in [-0.4, -0.2) is 106 Å². The van der Waals surface area contributed by atoms with E-state index in [2.05, 4.69) is 22.0 Å². The van der Waals surface area contributed by atoms with E-state index < -0.39 is 0 Å². The monoisotopic (exact) mass is 383 g/mol. The van der Waals surface area contributed by atoms with Gasteiger partial charge in [-0.3, -0.25) is 9.78 Å². The second-order valence-electron chi connectivity index (χ2n) is 7.24. The highest BCUT2D eigenvalue weighted by Gasteiger charge is 2.29. The van der Waals surface area contributed by atoms with Gasteiger partial charge in [-0.05, 0) is 19.2 Å². The number of nitrogens with zero attached hydrogens (tertiary/aromatic N) is 7. The molecule has 0 unspecified atom stereocenters. The topological polar surface area (TPSA) is 77.8 Å². The van der Waals surface area contributed by atoms with Gasteiger partial charge in [-0.2, -0.15) is 5.10 Å². The van der Waals surface area contributed by atoms with Gasteiger partial charge in [-0.1, -0.05) is 0 Å². The number of piperazine rings is 2. The van der Waals surface area contributed by atoms with Gasteiger partial charge in [0.05, 0.1) is 23.6 Å². The summed E-state index contributed by atoms with van der Waals surface area (Å²) in [4.78, 5) is 37.3. The third kappa shape index (κ3) is 3.84. The predicted octanol–water partition coefficient (Wildman–Crippen LogP) is 0.393. The van der Waals surface area contributed by atoms with Crippen LogP contribution in [0.4, 0.5) is 4.79 Å². The van der Waals surface area contributed by atoms with Crippen LogP contribution in [-0.2, 0) is 0 Å². The second kappa shape index (κ2) is 7.97. The fourth-order valence-electron chi connectivity index (χ4n) is 3.54. The summed E-state index contributed by atoms with van der Waals surface area (Å²) in [7, 11) is 2.07. The van der Waals surface area contributed by atoms with Crippen LogP contribution < -0.4 is 0 Å². The Morgan fingerprint density at radius 1 is 0.893 bits per heavy atom. The fraction of sp³-hybridized carbons (Fsp3) is 0.474. The summed E-state index contributed by atoms with van der Waals surface area (Å²) in [5.41, 5.74) is 1.35. The van der Waals surface area contributed by atoms with Crippen LogP contribution in [0, 0.1) is 0 Å². The number of rotatable bonds is 2. The number of urea groups is 1. The van der Waals surface area contributed by atoms with Crippen molar-refractivity contribution in [3.05, 3.63) is 42.5 Å². The van der Waals surface area contributed by atoms with Crippen molar-refractivity contribution in [2.24, 2.45) is 0 Å². The molecule has 9 nitrogen and oxygen atoms in total. The Morgan fingerprint density at radius 2 is 1.54 bits per heavy atom. The molecule has 0 bridgehead atoms. The van der Waals surface area contributed by atoms with E-state index in [9.17, 15) is 9.59 Å². The first-order chi connectivity index (χ1) is 13.6. The quantitative estimate of drug-likeness (QED) is 0.750. The van der Waals surface area contributed by atoms with E-state index in [0.717, 1.165) is 31.9 Å². The van der Waals surface area contributed by atoms with Crippen LogP contribution >= 0.6 is 0 Å². The van der Waals surface area contributed by atoms with Gasteiger partial charge in [0.2, 0.25) is 0 Å². The molecule has 0 aliphatic carbocycles. The molecule has 4 heterocycles. The Kier molecular flexibility index (Phi) is 5.25. The molecule has 2 aromatic heterocycles. The van der Waals surface area contributed by atoms with Gasteiger partial charge in [-0.15, -0.1) is 0 Å². The number of hydrogen-bond donors (Lipinski definition) is 0. The average molecular weight is 383 g/mol. The van der Waals surface area contributed by atoms with Crippen LogP contribution in [0.5, 0.6) is 0 Å². The summed E-state index contributed by atoms with van der Waals surface area (Å²) in [6, 6.07) is 3.80. The average Bonchev–Trinajstić information content (AvgIpc) is 3.24. The zero-order chi connectivity index (χ0) is 19.5. The highest BCUT2D eigenvalue weighted by atomic mass is 16.2. The summed E-state index contributed by atoms with van der Waals surface area (Å²) in [5, 5.41) is 4.27. The minimum atomic E-state index is -0.0539. The molecule has 2 aromatic rings. The van der Waals surface area contributed by atoms with E-state index in [1.54, 1.807) is 34.4 Å². The van der Waals surface area contributed by atoms with Crippen molar-refractivity contribution < 1.29 is 9.59 Å². The van der Waals surface area contributed by atoms with Gasteiger partial charge in [-0.25, -0.2) is 9.48 Å². The lowest BCUT2D eigenvalue weighted by molar-refractivity contribution is 0.0619. The first-order valence-electron chi connectivity index (χ1n) is 9.58. The third-order valence-corrected chi connectivity index (χ3v) is 5.35. The Balaban J connectivity index is 1.33. The van der Waals surface area contributed by atoms with Gasteiger partial charge in [0, 0.05) is 64.8 Å². The fourth-order valence-corrected chi connectivity index (χ4v) is 3.54. The number of aromatic nitrogens is 3. The van der Waals surface area contributed by atoms with E-state index in [1.165, 1.54) is 0 Å². The van der Waals surface area contributed by atoms with Crippen LogP contribution in [0.15, 0.2) is 36.9 Å². The smallest absolute Gasteiger partial charge is 0.320 e. The number of likely N-dealkylation sites (N-methyl/N-ethyl adjacent to an activating group) is 1. The Hall–Kier alpha value is -2.94. The van der Waals surface area contributed by atoms with E-state index in [4.69, 9.17) is 0 Å². The van der Waals surface area contributed by atoms with Crippen LogP contribution in [0.3, 0.4) is 0 Å². The summed E-state index contributed by atoms with van der Waals surface area (Å²) >= 11 is 0. The maximum Gasteiger partial charge on any atom is 0.320 e. The highest BCUT2D eigenvalue weighted by Crippen LogP contribution is 2.13. The van der Waals surface area contributed by atoms with E-state index in [-0.39, 0.29) is 11.9 Å². The van der Waals surface area contributed by atoms with Crippen LogP contribution in [0.25, 0.3) is 5.69 Å². The number of hydrogen-bond acceptors (Lipinski definition) is 5. The SMILES string of the molecule is CN1CCN(C(=O)N2CCN(C(=O)c3cnn(-c4cccnc4)c3)CC2)CC1. The van der Waals surface area contributed by atoms with E-state index in [1.807, 2.05) is 21.9 Å². The van der Waals surface area contributed by atoms with Gasteiger partial charge >= 0.3 is 6.03 Å². The number of pyridine rings is 1. The molecule has 2 fully saturated rings. The van der Waals surface area contributed by atoms with Gasteiger partial charge in [0.15, 0.2) is 0 Å². The third-order valence-electron chi connectivity index (χ3n) is 5.35. The highest BCUT2D eigenvalue weighted by molar-refractivity contribution is 5.94. The van der Waals surface area contributed by atoms with Crippen molar-refractivity contribution in [2.45, 2.75) is 0 Å². The largest absolute Gasteiger partial charge is 0.335 e. The summed E-state index contributed by atoms with van der Waals surface area (Å²) in [6.45, 7) is 5.55. The molecule has 148 valence electrons. The molecule has 9 heteroatoms. The van der Waals surface area contributed by atoms with Crippen LogP contribution in [0.2, 0.25) is 0 Å². The summed E-state index contributed by atoms with van der Waals surface area (Å²) < 4.78 is 1.65. The molecule has 2 saturated heterocycles. The first kappa shape index (κ1) is 18.4. The van der Waals surface area contributed by atoms with Crippen molar-refractivity contribution in [1.29, 1.82) is 0 Å². The molecule has 0 aromatic carbocycles. The lowest BCUT2D eigenvalue weighted by Crippen LogP contribution is -2.57. The maximum atomic E-state index is 12.8. The lowest BCUT2D eigenvalue weighted by Gasteiger charge is -2.39. The molecule has 0 atom stereocenters. The molecule has 0 N–H and O–H groups in total. The van der Waals surface area contributed by atoms with Crippen molar-refractivity contribution in [1.82, 2.24) is 34.4 Å². The Labute approximate surface area is 164 Å². The lowest BCUT2D eigenvalue weighted by atomic mass is 10.2. The number of carbonyl (C=O) groups excluding carboxylic acids is 2. The van der Waals surface area contributed by atoms with Crippen molar-refractivity contribution >= 4 is 11.9 Å². The summed E-state index contributed by atoms with van der Waals surface area (Å²) in [6.07, 6.45) is 6.70. The molecular formula is C19H25N7O2. The standard InChI is InChI=1S/C19H25N7O2/c1-22-5-7-24(8-6-22)19(28)25-11-9-23(10-12-25)18(27)16-13-21-26(15-16)17-3-2-4-20-14-17/h2-4,13-15H,5-12H2,1H3. The zero-order valence-corrected chi connectivity index (χ0v) is 16.1. The summed E-state index contributed by atoms with van der Waals surface area (Å²) in [5.74, 6) is -0.0539. The Bertz CT molecular complexity index is 822. The molecule has 0 spiro atoms.